The summed E-state index contributed by atoms with van der Waals surface area (Å²) in [6, 6.07) is 4.26. The number of nitrogens with zero attached hydrogens (tertiary/aromatic N) is 1. The molecule has 3 nitrogen and oxygen atoms in total. The molecule has 0 heterocycles. The molecular weight excluding hydrogens is 169 g/mol. The standard InChI is InChI=1S/C9H8FN3/c1-5(12)7-2-6(4-11)3-8(10)9(7)13/h2-3,12H,13H2,1H3. The van der Waals surface area contributed by atoms with Crippen LogP contribution in [-0.4, -0.2) is 5.71 Å². The molecule has 1 rings (SSSR count). The molecule has 0 saturated carbocycles. The van der Waals surface area contributed by atoms with Crippen LogP contribution in [0.25, 0.3) is 0 Å². The zero-order chi connectivity index (χ0) is 10.0. The molecule has 0 radical (unpaired) electrons. The van der Waals surface area contributed by atoms with Crippen LogP contribution in [0.2, 0.25) is 0 Å². The van der Waals surface area contributed by atoms with Gasteiger partial charge in [0, 0.05) is 11.3 Å². The molecule has 0 atom stereocenters. The summed E-state index contributed by atoms with van der Waals surface area (Å²) in [5.41, 5.74) is 5.90. The Balaban J connectivity index is 3.44. The molecule has 0 saturated heterocycles. The molecule has 0 aliphatic rings. The van der Waals surface area contributed by atoms with Gasteiger partial charge < -0.3 is 11.1 Å². The fourth-order valence-electron chi connectivity index (χ4n) is 0.993. The van der Waals surface area contributed by atoms with E-state index in [4.69, 9.17) is 16.4 Å². The lowest BCUT2D eigenvalue weighted by atomic mass is 10.1. The predicted molar refractivity (Wildman–Crippen MR) is 48.0 cm³/mol. The van der Waals surface area contributed by atoms with Gasteiger partial charge in [-0.3, -0.25) is 0 Å². The summed E-state index contributed by atoms with van der Waals surface area (Å²) in [5, 5.41) is 15.8. The smallest absolute Gasteiger partial charge is 0.148 e. The first-order valence-electron chi connectivity index (χ1n) is 3.61. The molecule has 0 fully saturated rings. The van der Waals surface area contributed by atoms with Crippen molar-refractivity contribution in [1.82, 2.24) is 0 Å². The summed E-state index contributed by atoms with van der Waals surface area (Å²) < 4.78 is 13.0. The number of halogens is 1. The Labute approximate surface area is 75.1 Å². The average Bonchev–Trinajstić information content (AvgIpc) is 2.09. The van der Waals surface area contributed by atoms with Gasteiger partial charge in [0.2, 0.25) is 0 Å². The fourth-order valence-corrected chi connectivity index (χ4v) is 0.993. The van der Waals surface area contributed by atoms with Crippen molar-refractivity contribution in [3.05, 3.63) is 29.1 Å². The Hall–Kier alpha value is -1.89. The van der Waals surface area contributed by atoms with E-state index in [1.165, 1.54) is 13.0 Å². The van der Waals surface area contributed by atoms with Crippen LogP contribution in [-0.2, 0) is 0 Å². The Kier molecular flexibility index (Phi) is 2.29. The van der Waals surface area contributed by atoms with E-state index in [2.05, 4.69) is 0 Å². The monoisotopic (exact) mass is 177 g/mol. The summed E-state index contributed by atoms with van der Waals surface area (Å²) in [4.78, 5) is 0. The van der Waals surface area contributed by atoms with Gasteiger partial charge in [-0.2, -0.15) is 5.26 Å². The van der Waals surface area contributed by atoms with Crippen molar-refractivity contribution in [2.45, 2.75) is 6.92 Å². The van der Waals surface area contributed by atoms with E-state index in [0.29, 0.717) is 0 Å². The van der Waals surface area contributed by atoms with E-state index in [1.807, 2.05) is 0 Å². The van der Waals surface area contributed by atoms with Crippen LogP contribution in [0.3, 0.4) is 0 Å². The summed E-state index contributed by atoms with van der Waals surface area (Å²) in [6.45, 7) is 1.49. The second-order valence-corrected chi connectivity index (χ2v) is 2.66. The first-order chi connectivity index (χ1) is 6.06. The number of anilines is 1. The topological polar surface area (TPSA) is 73.7 Å². The van der Waals surface area contributed by atoms with Gasteiger partial charge in [-0.1, -0.05) is 0 Å². The second-order valence-electron chi connectivity index (χ2n) is 2.66. The van der Waals surface area contributed by atoms with Gasteiger partial charge in [-0.25, -0.2) is 4.39 Å². The van der Waals surface area contributed by atoms with Crippen molar-refractivity contribution in [2.75, 3.05) is 5.73 Å². The van der Waals surface area contributed by atoms with Gasteiger partial charge in [0.25, 0.3) is 0 Å². The molecule has 3 N–H and O–H groups in total. The molecule has 1 aromatic carbocycles. The largest absolute Gasteiger partial charge is 0.396 e. The van der Waals surface area contributed by atoms with Gasteiger partial charge >= 0.3 is 0 Å². The molecular formula is C9H8FN3. The van der Waals surface area contributed by atoms with E-state index < -0.39 is 5.82 Å². The summed E-state index contributed by atoms with van der Waals surface area (Å²) in [7, 11) is 0. The van der Waals surface area contributed by atoms with Crippen LogP contribution in [0.15, 0.2) is 12.1 Å². The summed E-state index contributed by atoms with van der Waals surface area (Å²) in [6.07, 6.45) is 0. The third-order valence-electron chi connectivity index (χ3n) is 1.66. The van der Waals surface area contributed by atoms with Gasteiger partial charge in [0.1, 0.15) is 5.82 Å². The van der Waals surface area contributed by atoms with E-state index in [0.717, 1.165) is 6.07 Å². The zero-order valence-corrected chi connectivity index (χ0v) is 7.06. The van der Waals surface area contributed by atoms with Crippen LogP contribution in [0, 0.1) is 22.6 Å². The van der Waals surface area contributed by atoms with Gasteiger partial charge in [0.15, 0.2) is 0 Å². The maximum atomic E-state index is 13.0. The highest BCUT2D eigenvalue weighted by atomic mass is 19.1. The van der Waals surface area contributed by atoms with Crippen LogP contribution in [0.5, 0.6) is 0 Å². The first-order valence-corrected chi connectivity index (χ1v) is 3.61. The van der Waals surface area contributed by atoms with E-state index >= 15 is 0 Å². The van der Waals surface area contributed by atoms with E-state index in [1.54, 1.807) is 6.07 Å². The van der Waals surface area contributed by atoms with Gasteiger partial charge in [-0.05, 0) is 19.1 Å². The highest BCUT2D eigenvalue weighted by Gasteiger charge is 2.08. The average molecular weight is 177 g/mol. The number of benzene rings is 1. The Bertz CT molecular complexity index is 404. The third-order valence-corrected chi connectivity index (χ3v) is 1.66. The molecule has 0 spiro atoms. The highest BCUT2D eigenvalue weighted by molar-refractivity contribution is 6.01. The van der Waals surface area contributed by atoms with Gasteiger partial charge in [-0.15, -0.1) is 0 Å². The molecule has 0 amide bonds. The van der Waals surface area contributed by atoms with Crippen LogP contribution in [0.4, 0.5) is 10.1 Å². The zero-order valence-electron chi connectivity index (χ0n) is 7.06. The van der Waals surface area contributed by atoms with Crippen molar-refractivity contribution in [2.24, 2.45) is 0 Å². The molecule has 0 aliphatic carbocycles. The summed E-state index contributed by atoms with van der Waals surface area (Å²) in [5.74, 6) is -0.652. The number of hydrogen-bond donors (Lipinski definition) is 2. The third kappa shape index (κ3) is 1.64. The van der Waals surface area contributed by atoms with E-state index in [9.17, 15) is 4.39 Å². The molecule has 13 heavy (non-hydrogen) atoms. The molecule has 0 unspecified atom stereocenters. The minimum atomic E-state index is -0.652. The van der Waals surface area contributed by atoms with Gasteiger partial charge in [0.05, 0.1) is 17.3 Å². The first kappa shape index (κ1) is 9.20. The SMILES string of the molecule is CC(=N)c1cc(C#N)cc(F)c1N. The molecule has 0 bridgehead atoms. The summed E-state index contributed by atoms with van der Waals surface area (Å²) >= 11 is 0. The van der Waals surface area contributed by atoms with Crippen LogP contribution in [0.1, 0.15) is 18.1 Å². The maximum absolute atomic E-state index is 13.0. The lowest BCUT2D eigenvalue weighted by Crippen LogP contribution is -2.03. The Morgan fingerprint density at radius 3 is 2.69 bits per heavy atom. The van der Waals surface area contributed by atoms with Crippen molar-refractivity contribution in [3.63, 3.8) is 0 Å². The van der Waals surface area contributed by atoms with Crippen molar-refractivity contribution >= 4 is 11.4 Å². The lowest BCUT2D eigenvalue weighted by Gasteiger charge is -2.04. The Morgan fingerprint density at radius 2 is 2.23 bits per heavy atom. The minimum absolute atomic E-state index is 0.0773. The molecule has 4 heteroatoms. The van der Waals surface area contributed by atoms with Crippen molar-refractivity contribution in [1.29, 1.82) is 10.7 Å². The van der Waals surface area contributed by atoms with Crippen molar-refractivity contribution < 1.29 is 4.39 Å². The number of nitrogens with two attached hydrogens (primary N) is 1. The fraction of sp³-hybridized carbons (Fsp3) is 0.111. The number of hydrogen-bond acceptors (Lipinski definition) is 3. The predicted octanol–water partition coefficient (Wildman–Crippen LogP) is 1.67. The lowest BCUT2D eigenvalue weighted by molar-refractivity contribution is 0.632. The highest BCUT2D eigenvalue weighted by Crippen LogP contribution is 2.18. The molecule has 66 valence electrons. The van der Waals surface area contributed by atoms with Crippen molar-refractivity contribution in [3.8, 4) is 6.07 Å². The molecule has 0 aromatic heterocycles. The Morgan fingerprint density at radius 1 is 1.62 bits per heavy atom. The normalized spacial score (nSPS) is 9.31. The van der Waals surface area contributed by atoms with E-state index in [-0.39, 0.29) is 22.5 Å². The number of nitriles is 1. The van der Waals surface area contributed by atoms with Crippen LogP contribution < -0.4 is 5.73 Å². The maximum Gasteiger partial charge on any atom is 0.148 e. The quantitative estimate of drug-likeness (QED) is 0.505. The number of nitrogen functional groups attached to an aromatic ring is 1. The minimum Gasteiger partial charge on any atom is -0.396 e. The molecule has 1 aromatic rings. The number of rotatable bonds is 1. The van der Waals surface area contributed by atoms with Crippen LogP contribution >= 0.6 is 0 Å². The molecule has 0 aliphatic heterocycles. The second kappa shape index (κ2) is 3.23. The number of nitrogens with one attached hydrogen (secondary N) is 1.